The molecule has 5 nitrogen and oxygen atoms in total. The summed E-state index contributed by atoms with van der Waals surface area (Å²) in [4.78, 5) is 0.351. The predicted octanol–water partition coefficient (Wildman–Crippen LogP) is 0.851. The van der Waals surface area contributed by atoms with E-state index in [0.29, 0.717) is 18.0 Å². The van der Waals surface area contributed by atoms with Gasteiger partial charge in [-0.15, -0.1) is 0 Å². The molecule has 106 valence electrons. The van der Waals surface area contributed by atoms with Crippen molar-refractivity contribution in [2.24, 2.45) is 0 Å². The van der Waals surface area contributed by atoms with Gasteiger partial charge in [-0.2, -0.15) is 0 Å². The van der Waals surface area contributed by atoms with Crippen molar-refractivity contribution in [2.75, 3.05) is 33.8 Å². The van der Waals surface area contributed by atoms with Gasteiger partial charge in [-0.1, -0.05) is 0 Å². The number of hydrogen-bond acceptors (Lipinski definition) is 4. The Balaban J connectivity index is 2.15. The Morgan fingerprint density at radius 1 is 1.42 bits per heavy atom. The molecule has 19 heavy (non-hydrogen) atoms. The first-order valence-electron chi connectivity index (χ1n) is 6.42. The molecule has 0 unspecified atom stereocenters. The molecule has 0 spiro atoms. The summed E-state index contributed by atoms with van der Waals surface area (Å²) in [5.74, 6) is 0.803. The number of ether oxygens (including phenoxy) is 1. The molecule has 0 fully saturated rings. The van der Waals surface area contributed by atoms with Gasteiger partial charge in [0.15, 0.2) is 0 Å². The van der Waals surface area contributed by atoms with Gasteiger partial charge in [0.1, 0.15) is 5.75 Å². The molecule has 0 bridgehead atoms. The highest BCUT2D eigenvalue weighted by Gasteiger charge is 2.23. The average Bonchev–Trinajstić information content (AvgIpc) is 2.85. The molecule has 1 N–H and O–H groups in total. The summed E-state index contributed by atoms with van der Waals surface area (Å²) in [6.07, 6.45) is 1.57. The summed E-state index contributed by atoms with van der Waals surface area (Å²) < 4.78 is 31.6. The Kier molecular flexibility index (Phi) is 4.44. The van der Waals surface area contributed by atoms with Gasteiger partial charge in [0.25, 0.3) is 0 Å². The largest absolute Gasteiger partial charge is 0.493 e. The van der Waals surface area contributed by atoms with Crippen LogP contribution >= 0.6 is 0 Å². The lowest BCUT2D eigenvalue weighted by molar-refractivity contribution is 0.356. The van der Waals surface area contributed by atoms with Crippen LogP contribution in [0.2, 0.25) is 0 Å². The Labute approximate surface area is 114 Å². The highest BCUT2D eigenvalue weighted by atomic mass is 32.2. The van der Waals surface area contributed by atoms with Crippen molar-refractivity contribution >= 4 is 10.0 Å². The Bertz CT molecular complexity index is 543. The molecule has 0 aliphatic carbocycles. The number of sulfonamides is 1. The topological polar surface area (TPSA) is 58.6 Å². The number of nitrogens with one attached hydrogen (secondary N) is 1. The maximum absolute atomic E-state index is 12.4. The van der Waals surface area contributed by atoms with Crippen molar-refractivity contribution in [1.29, 1.82) is 0 Å². The van der Waals surface area contributed by atoms with Crippen LogP contribution in [0.4, 0.5) is 0 Å². The van der Waals surface area contributed by atoms with E-state index in [2.05, 4.69) is 5.32 Å². The molecule has 1 heterocycles. The van der Waals surface area contributed by atoms with Gasteiger partial charge in [0, 0.05) is 20.0 Å². The first kappa shape index (κ1) is 14.3. The van der Waals surface area contributed by atoms with Gasteiger partial charge in [0.05, 0.1) is 11.5 Å². The molecule has 0 amide bonds. The molecule has 0 atom stereocenters. The highest BCUT2D eigenvalue weighted by molar-refractivity contribution is 7.89. The Hall–Kier alpha value is -1.11. The van der Waals surface area contributed by atoms with Gasteiger partial charge in [0.2, 0.25) is 10.0 Å². The van der Waals surface area contributed by atoms with E-state index in [0.717, 1.165) is 30.7 Å². The van der Waals surface area contributed by atoms with Crippen LogP contribution in [0.3, 0.4) is 0 Å². The zero-order valence-electron chi connectivity index (χ0n) is 11.3. The second-order valence-electron chi connectivity index (χ2n) is 4.65. The standard InChI is InChI=1S/C13H20N2O3S/c1-14-7-3-8-15(2)19(16,17)12-4-5-13-11(10-12)6-9-18-13/h4-5,10,14H,3,6-9H2,1-2H3. The minimum atomic E-state index is -3.39. The van der Waals surface area contributed by atoms with Crippen molar-refractivity contribution in [2.45, 2.75) is 17.7 Å². The van der Waals surface area contributed by atoms with Crippen LogP contribution in [0.15, 0.2) is 23.1 Å². The quantitative estimate of drug-likeness (QED) is 0.787. The third-order valence-electron chi connectivity index (χ3n) is 3.27. The molecular weight excluding hydrogens is 264 g/mol. The first-order valence-corrected chi connectivity index (χ1v) is 7.86. The highest BCUT2D eigenvalue weighted by Crippen LogP contribution is 2.28. The fourth-order valence-corrected chi connectivity index (χ4v) is 3.36. The summed E-state index contributed by atoms with van der Waals surface area (Å²) >= 11 is 0. The lowest BCUT2D eigenvalue weighted by Gasteiger charge is -2.17. The molecule has 1 aliphatic heterocycles. The van der Waals surface area contributed by atoms with Gasteiger partial charge >= 0.3 is 0 Å². The number of benzene rings is 1. The maximum atomic E-state index is 12.4. The summed E-state index contributed by atoms with van der Waals surface area (Å²) in [7, 11) is 0.0849. The number of hydrogen-bond donors (Lipinski definition) is 1. The van der Waals surface area contributed by atoms with Crippen LogP contribution in [0.5, 0.6) is 5.75 Å². The maximum Gasteiger partial charge on any atom is 0.242 e. The fraction of sp³-hybridized carbons (Fsp3) is 0.538. The summed E-state index contributed by atoms with van der Waals surface area (Å²) in [6.45, 7) is 1.95. The summed E-state index contributed by atoms with van der Waals surface area (Å²) in [5.41, 5.74) is 0.977. The van der Waals surface area contributed by atoms with Gasteiger partial charge in [-0.05, 0) is 43.8 Å². The van der Waals surface area contributed by atoms with Crippen molar-refractivity contribution < 1.29 is 13.2 Å². The van der Waals surface area contributed by atoms with E-state index in [-0.39, 0.29) is 0 Å². The van der Waals surface area contributed by atoms with Crippen LogP contribution in [-0.2, 0) is 16.4 Å². The third-order valence-corrected chi connectivity index (χ3v) is 5.12. The van der Waals surface area contributed by atoms with E-state index >= 15 is 0 Å². The number of nitrogens with zero attached hydrogens (tertiary/aromatic N) is 1. The summed E-state index contributed by atoms with van der Waals surface area (Å²) in [5, 5.41) is 3.01. The smallest absolute Gasteiger partial charge is 0.242 e. The molecule has 0 saturated carbocycles. The average molecular weight is 284 g/mol. The lowest BCUT2D eigenvalue weighted by Crippen LogP contribution is -2.29. The zero-order valence-corrected chi connectivity index (χ0v) is 12.2. The molecular formula is C13H20N2O3S. The first-order chi connectivity index (χ1) is 9.05. The second kappa shape index (κ2) is 5.90. The molecule has 0 saturated heterocycles. The SMILES string of the molecule is CNCCCN(C)S(=O)(=O)c1ccc2c(c1)CCO2. The Morgan fingerprint density at radius 3 is 2.95 bits per heavy atom. The Morgan fingerprint density at radius 2 is 2.21 bits per heavy atom. The van der Waals surface area contributed by atoms with Gasteiger partial charge in [-0.3, -0.25) is 0 Å². The van der Waals surface area contributed by atoms with E-state index in [1.165, 1.54) is 4.31 Å². The molecule has 1 aromatic rings. The van der Waals surface area contributed by atoms with E-state index < -0.39 is 10.0 Å². The van der Waals surface area contributed by atoms with E-state index in [4.69, 9.17) is 4.74 Å². The van der Waals surface area contributed by atoms with Crippen LogP contribution in [-0.4, -0.2) is 46.5 Å². The van der Waals surface area contributed by atoms with Crippen molar-refractivity contribution in [3.8, 4) is 5.75 Å². The molecule has 6 heteroatoms. The molecule has 1 aliphatic rings. The van der Waals surface area contributed by atoms with E-state index in [1.807, 2.05) is 7.05 Å². The zero-order chi connectivity index (χ0) is 13.9. The fourth-order valence-electron chi connectivity index (χ4n) is 2.10. The van der Waals surface area contributed by atoms with Gasteiger partial charge in [-0.25, -0.2) is 12.7 Å². The molecule has 2 rings (SSSR count). The molecule has 1 aromatic carbocycles. The van der Waals surface area contributed by atoms with Crippen LogP contribution in [0.1, 0.15) is 12.0 Å². The van der Waals surface area contributed by atoms with Crippen molar-refractivity contribution in [3.63, 3.8) is 0 Å². The minimum absolute atomic E-state index is 0.351. The summed E-state index contributed by atoms with van der Waals surface area (Å²) in [6, 6.07) is 5.09. The van der Waals surface area contributed by atoms with Crippen LogP contribution < -0.4 is 10.1 Å². The molecule has 0 aromatic heterocycles. The number of fused-ring (bicyclic) bond motifs is 1. The van der Waals surface area contributed by atoms with E-state index in [1.54, 1.807) is 25.2 Å². The third kappa shape index (κ3) is 3.08. The van der Waals surface area contributed by atoms with Gasteiger partial charge < -0.3 is 10.1 Å². The van der Waals surface area contributed by atoms with Crippen LogP contribution in [0.25, 0.3) is 0 Å². The number of rotatable bonds is 6. The minimum Gasteiger partial charge on any atom is -0.493 e. The predicted molar refractivity (Wildman–Crippen MR) is 74.0 cm³/mol. The molecule has 0 radical (unpaired) electrons. The van der Waals surface area contributed by atoms with E-state index in [9.17, 15) is 8.42 Å². The lowest BCUT2D eigenvalue weighted by atomic mass is 10.2. The monoisotopic (exact) mass is 284 g/mol. The normalized spacial score (nSPS) is 14.5. The van der Waals surface area contributed by atoms with Crippen molar-refractivity contribution in [1.82, 2.24) is 9.62 Å². The van der Waals surface area contributed by atoms with Crippen molar-refractivity contribution in [3.05, 3.63) is 23.8 Å². The van der Waals surface area contributed by atoms with Crippen LogP contribution in [0, 0.1) is 0 Å². The second-order valence-corrected chi connectivity index (χ2v) is 6.70.